The summed E-state index contributed by atoms with van der Waals surface area (Å²) in [6, 6.07) is 10.6. The third-order valence-electron chi connectivity index (χ3n) is 2.59. The number of benzene rings is 2. The van der Waals surface area contributed by atoms with Crippen molar-refractivity contribution in [3.8, 4) is 0 Å². The second kappa shape index (κ2) is 4.01. The van der Waals surface area contributed by atoms with Gasteiger partial charge in [-0.2, -0.15) is 8.42 Å². The van der Waals surface area contributed by atoms with Crippen molar-refractivity contribution in [1.29, 1.82) is 0 Å². The third kappa shape index (κ3) is 2.11. The van der Waals surface area contributed by atoms with Crippen LogP contribution in [0.4, 0.5) is 5.69 Å². The predicted octanol–water partition coefficient (Wildman–Crippen LogP) is 2.15. The van der Waals surface area contributed by atoms with Crippen LogP contribution in [-0.2, 0) is 10.1 Å². The molecule has 0 amide bonds. The van der Waals surface area contributed by atoms with E-state index in [9.17, 15) is 13.0 Å². The van der Waals surface area contributed by atoms with Gasteiger partial charge < -0.3 is 4.90 Å². The summed E-state index contributed by atoms with van der Waals surface area (Å²) in [5, 5.41) is 1.73. The summed E-state index contributed by atoms with van der Waals surface area (Å²) in [4.78, 5) is 1.62. The van der Waals surface area contributed by atoms with E-state index >= 15 is 0 Å². The van der Waals surface area contributed by atoms with Crippen LogP contribution in [0, 0.1) is 0 Å². The summed E-state index contributed by atoms with van der Waals surface area (Å²) in [7, 11) is -0.719. The molecule has 0 spiro atoms. The van der Waals surface area contributed by atoms with E-state index in [-0.39, 0.29) is 4.90 Å². The molecule has 0 unspecified atom stereocenters. The number of hydrogen-bond acceptors (Lipinski definition) is 3. The van der Waals surface area contributed by atoms with Gasteiger partial charge >= 0.3 is 0 Å². The van der Waals surface area contributed by atoms with Gasteiger partial charge in [0.15, 0.2) is 0 Å². The average molecular weight is 251 g/mol. The van der Waals surface area contributed by atoms with E-state index in [1.807, 2.05) is 24.3 Å². The highest BCUT2D eigenvalue weighted by Gasteiger charge is 2.18. The molecule has 0 heterocycles. The van der Waals surface area contributed by atoms with E-state index in [1.165, 1.54) is 6.07 Å². The van der Waals surface area contributed by atoms with Crippen molar-refractivity contribution in [2.75, 3.05) is 19.0 Å². The number of anilines is 1. The second-order valence-corrected chi connectivity index (χ2v) is 5.39. The lowest BCUT2D eigenvalue weighted by molar-refractivity contribution is 0.483. The molecule has 0 saturated carbocycles. The molecule has 0 aliphatic heterocycles. The summed E-state index contributed by atoms with van der Waals surface area (Å²) >= 11 is 0. The van der Waals surface area contributed by atoms with Gasteiger partial charge in [0.05, 0.1) is 5.69 Å². The minimum Gasteiger partial charge on any atom is -0.376 e. The number of nitrogens with zero attached hydrogens (tertiary/aromatic N) is 1. The first-order chi connectivity index (χ1) is 7.91. The summed E-state index contributed by atoms with van der Waals surface area (Å²) in [6.07, 6.45) is 0. The van der Waals surface area contributed by atoms with Crippen molar-refractivity contribution >= 4 is 26.6 Å². The summed E-state index contributed by atoms with van der Waals surface area (Å²) < 4.78 is 31.9. The standard InChI is InChI=1S/C12H13NO3S/c1-13(2)12-10-6-4-3-5-9(10)7-8-11(12)17(14,15)16/h3-8H,1-2H3,(H,14,15,16). The van der Waals surface area contributed by atoms with Crippen LogP contribution >= 0.6 is 0 Å². The Kier molecular flexibility index (Phi) is 2.81. The Morgan fingerprint density at radius 1 is 1.06 bits per heavy atom. The van der Waals surface area contributed by atoms with Gasteiger partial charge in [-0.3, -0.25) is 4.55 Å². The van der Waals surface area contributed by atoms with Crippen molar-refractivity contribution in [3.63, 3.8) is 0 Å². The van der Waals surface area contributed by atoms with Crippen LogP contribution in [0.25, 0.3) is 10.8 Å². The molecule has 2 rings (SSSR count). The molecule has 0 fully saturated rings. The summed E-state index contributed by atoms with van der Waals surface area (Å²) in [6.45, 7) is 0. The highest BCUT2D eigenvalue weighted by Crippen LogP contribution is 2.32. The van der Waals surface area contributed by atoms with Crippen molar-refractivity contribution in [2.24, 2.45) is 0 Å². The minimum atomic E-state index is -4.21. The quantitative estimate of drug-likeness (QED) is 0.831. The van der Waals surface area contributed by atoms with Gasteiger partial charge in [0.2, 0.25) is 0 Å². The lowest BCUT2D eigenvalue weighted by atomic mass is 10.1. The molecule has 0 saturated heterocycles. The molecule has 0 radical (unpaired) electrons. The number of hydrogen-bond donors (Lipinski definition) is 1. The molecule has 2 aromatic rings. The monoisotopic (exact) mass is 251 g/mol. The van der Waals surface area contributed by atoms with Crippen molar-refractivity contribution in [1.82, 2.24) is 0 Å². The Labute approximate surface area is 100 Å². The van der Waals surface area contributed by atoms with Gasteiger partial charge in [0.25, 0.3) is 10.1 Å². The van der Waals surface area contributed by atoms with Gasteiger partial charge in [-0.25, -0.2) is 0 Å². The maximum Gasteiger partial charge on any atom is 0.296 e. The fourth-order valence-corrected chi connectivity index (χ4v) is 2.68. The maximum absolute atomic E-state index is 11.3. The maximum atomic E-state index is 11.3. The van der Waals surface area contributed by atoms with Crippen LogP contribution < -0.4 is 4.90 Å². The minimum absolute atomic E-state index is 0.0683. The highest BCUT2D eigenvalue weighted by atomic mass is 32.2. The molecule has 0 bridgehead atoms. The van der Waals surface area contributed by atoms with E-state index in [1.54, 1.807) is 25.1 Å². The van der Waals surface area contributed by atoms with E-state index in [0.29, 0.717) is 5.69 Å². The van der Waals surface area contributed by atoms with Crippen molar-refractivity contribution in [3.05, 3.63) is 36.4 Å². The lowest BCUT2D eigenvalue weighted by Crippen LogP contribution is -2.14. The Bertz CT molecular complexity index is 663. The molecular formula is C12H13NO3S. The van der Waals surface area contributed by atoms with Gasteiger partial charge in [0, 0.05) is 19.5 Å². The van der Waals surface area contributed by atoms with Crippen LogP contribution in [0.15, 0.2) is 41.3 Å². The zero-order valence-electron chi connectivity index (χ0n) is 9.58. The molecule has 5 heteroatoms. The molecule has 0 atom stereocenters. The predicted molar refractivity (Wildman–Crippen MR) is 68.1 cm³/mol. The molecule has 0 aromatic heterocycles. The van der Waals surface area contributed by atoms with Crippen LogP contribution in [0.1, 0.15) is 0 Å². The van der Waals surface area contributed by atoms with E-state index in [2.05, 4.69) is 0 Å². The van der Waals surface area contributed by atoms with Crippen molar-refractivity contribution < 1.29 is 13.0 Å². The molecule has 1 N–H and O–H groups in total. The largest absolute Gasteiger partial charge is 0.376 e. The first kappa shape index (κ1) is 11.9. The molecule has 90 valence electrons. The topological polar surface area (TPSA) is 57.6 Å². The molecule has 4 nitrogen and oxygen atoms in total. The molecule has 17 heavy (non-hydrogen) atoms. The van der Waals surface area contributed by atoms with Gasteiger partial charge in [-0.1, -0.05) is 30.3 Å². The Morgan fingerprint density at radius 3 is 2.29 bits per heavy atom. The molecule has 2 aromatic carbocycles. The Morgan fingerprint density at radius 2 is 1.71 bits per heavy atom. The second-order valence-electron chi connectivity index (χ2n) is 4.00. The first-order valence-corrected chi connectivity index (χ1v) is 6.52. The van der Waals surface area contributed by atoms with Gasteiger partial charge in [0.1, 0.15) is 4.90 Å². The van der Waals surface area contributed by atoms with Crippen LogP contribution in [0.2, 0.25) is 0 Å². The Hall–Kier alpha value is -1.59. The smallest absolute Gasteiger partial charge is 0.296 e. The fourth-order valence-electron chi connectivity index (χ4n) is 1.90. The highest BCUT2D eigenvalue weighted by molar-refractivity contribution is 7.86. The average Bonchev–Trinajstić information content (AvgIpc) is 2.26. The number of fused-ring (bicyclic) bond motifs is 1. The summed E-state index contributed by atoms with van der Waals surface area (Å²) in [5.74, 6) is 0. The SMILES string of the molecule is CN(C)c1c(S(=O)(=O)O)ccc2ccccc12. The fraction of sp³-hybridized carbons (Fsp3) is 0.167. The first-order valence-electron chi connectivity index (χ1n) is 5.08. The van der Waals surface area contributed by atoms with Gasteiger partial charge in [-0.05, 0) is 11.5 Å². The summed E-state index contributed by atoms with van der Waals surface area (Å²) in [5.41, 5.74) is 0.505. The van der Waals surface area contributed by atoms with Crippen molar-refractivity contribution in [2.45, 2.75) is 4.90 Å². The van der Waals surface area contributed by atoms with Gasteiger partial charge in [-0.15, -0.1) is 0 Å². The van der Waals surface area contributed by atoms with Crippen LogP contribution in [-0.4, -0.2) is 27.1 Å². The molecular weight excluding hydrogens is 238 g/mol. The zero-order chi connectivity index (χ0) is 12.6. The van der Waals surface area contributed by atoms with E-state index in [0.717, 1.165) is 10.8 Å². The van der Waals surface area contributed by atoms with E-state index < -0.39 is 10.1 Å². The number of rotatable bonds is 2. The normalized spacial score (nSPS) is 11.7. The molecule has 0 aliphatic rings. The van der Waals surface area contributed by atoms with Crippen LogP contribution in [0.3, 0.4) is 0 Å². The van der Waals surface area contributed by atoms with Crippen LogP contribution in [0.5, 0.6) is 0 Å². The zero-order valence-corrected chi connectivity index (χ0v) is 10.4. The Balaban J connectivity index is 2.92. The van der Waals surface area contributed by atoms with E-state index in [4.69, 9.17) is 0 Å². The lowest BCUT2D eigenvalue weighted by Gasteiger charge is -2.18. The third-order valence-corrected chi connectivity index (χ3v) is 3.47. The molecule has 0 aliphatic carbocycles.